The van der Waals surface area contributed by atoms with Gasteiger partial charge < -0.3 is 10.8 Å². The van der Waals surface area contributed by atoms with Crippen LogP contribution in [0.1, 0.15) is 5.56 Å². The molecule has 0 aromatic heterocycles. The average Bonchev–Trinajstić information content (AvgIpc) is 2.40. The van der Waals surface area contributed by atoms with Crippen LogP contribution in [0.5, 0.6) is 0 Å². The molecule has 3 N–H and O–H groups in total. The van der Waals surface area contributed by atoms with Gasteiger partial charge >= 0.3 is 5.97 Å². The standard InChI is InChI=1S/C15H14FNO2.ClH/c16-13-7-5-12(6-8-13)11-3-1-10(2-4-11)9-14(17)15(18)19;/h1-8,14H,9,17H2,(H,18,19);1H/t14-;/m0./s1. The highest BCUT2D eigenvalue weighted by molar-refractivity contribution is 5.85. The third kappa shape index (κ3) is 4.05. The summed E-state index contributed by atoms with van der Waals surface area (Å²) in [5.41, 5.74) is 8.20. The maximum atomic E-state index is 12.8. The Morgan fingerprint density at radius 3 is 1.95 bits per heavy atom. The monoisotopic (exact) mass is 295 g/mol. The molecule has 0 unspecified atom stereocenters. The SMILES string of the molecule is Cl.N[C@@H](Cc1ccc(-c2ccc(F)cc2)cc1)C(=O)O. The molecule has 0 heterocycles. The Morgan fingerprint density at radius 1 is 1.05 bits per heavy atom. The van der Waals surface area contributed by atoms with E-state index in [0.29, 0.717) is 6.42 Å². The van der Waals surface area contributed by atoms with E-state index in [0.717, 1.165) is 16.7 Å². The van der Waals surface area contributed by atoms with Crippen molar-refractivity contribution in [2.24, 2.45) is 5.73 Å². The number of carboxylic acid groups (broad SMARTS) is 1. The summed E-state index contributed by atoms with van der Waals surface area (Å²) in [6.45, 7) is 0. The Hall–Kier alpha value is -1.91. The summed E-state index contributed by atoms with van der Waals surface area (Å²) < 4.78 is 12.8. The molecule has 0 saturated carbocycles. The van der Waals surface area contributed by atoms with Crippen LogP contribution in [-0.2, 0) is 11.2 Å². The number of carboxylic acids is 1. The Balaban J connectivity index is 0.00000200. The van der Waals surface area contributed by atoms with Crippen LogP contribution >= 0.6 is 12.4 Å². The molecule has 1 atom stereocenters. The molecule has 0 radical (unpaired) electrons. The number of carbonyl (C=O) groups is 1. The van der Waals surface area contributed by atoms with E-state index in [-0.39, 0.29) is 18.2 Å². The zero-order valence-electron chi connectivity index (χ0n) is 10.6. The molecule has 0 fully saturated rings. The highest BCUT2D eigenvalue weighted by Crippen LogP contribution is 2.20. The maximum Gasteiger partial charge on any atom is 0.320 e. The minimum atomic E-state index is -1.01. The van der Waals surface area contributed by atoms with Gasteiger partial charge in [-0.05, 0) is 35.2 Å². The van der Waals surface area contributed by atoms with Gasteiger partial charge in [0.2, 0.25) is 0 Å². The molecule has 20 heavy (non-hydrogen) atoms. The average molecular weight is 296 g/mol. The van der Waals surface area contributed by atoms with E-state index in [1.54, 1.807) is 12.1 Å². The van der Waals surface area contributed by atoms with Gasteiger partial charge in [0.15, 0.2) is 0 Å². The molecule has 5 heteroatoms. The van der Waals surface area contributed by atoms with Crippen LogP contribution in [0.25, 0.3) is 11.1 Å². The van der Waals surface area contributed by atoms with E-state index in [9.17, 15) is 9.18 Å². The quantitative estimate of drug-likeness (QED) is 0.911. The summed E-state index contributed by atoms with van der Waals surface area (Å²) >= 11 is 0. The molecule has 0 spiro atoms. The van der Waals surface area contributed by atoms with Gasteiger partial charge in [-0.3, -0.25) is 4.79 Å². The van der Waals surface area contributed by atoms with Gasteiger partial charge in [-0.25, -0.2) is 4.39 Å². The number of hydrogen-bond donors (Lipinski definition) is 2. The van der Waals surface area contributed by atoms with Crippen molar-refractivity contribution in [2.75, 3.05) is 0 Å². The van der Waals surface area contributed by atoms with Gasteiger partial charge in [-0.2, -0.15) is 0 Å². The van der Waals surface area contributed by atoms with Gasteiger partial charge in [0.05, 0.1) is 0 Å². The van der Waals surface area contributed by atoms with Crippen molar-refractivity contribution in [3.8, 4) is 11.1 Å². The number of halogens is 2. The summed E-state index contributed by atoms with van der Waals surface area (Å²) in [6.07, 6.45) is 0.291. The van der Waals surface area contributed by atoms with Crippen molar-refractivity contribution in [1.82, 2.24) is 0 Å². The lowest BCUT2D eigenvalue weighted by atomic mass is 10.0. The highest BCUT2D eigenvalue weighted by Gasteiger charge is 2.11. The minimum absolute atomic E-state index is 0. The molecule has 0 aliphatic heterocycles. The van der Waals surface area contributed by atoms with Crippen LogP contribution in [0.3, 0.4) is 0 Å². The largest absolute Gasteiger partial charge is 0.480 e. The summed E-state index contributed by atoms with van der Waals surface area (Å²) in [7, 11) is 0. The molecule has 0 aliphatic rings. The van der Waals surface area contributed by atoms with Crippen LogP contribution in [0.2, 0.25) is 0 Å². The zero-order chi connectivity index (χ0) is 13.8. The number of nitrogens with two attached hydrogens (primary N) is 1. The molecule has 106 valence electrons. The zero-order valence-corrected chi connectivity index (χ0v) is 11.4. The molecule has 2 aromatic carbocycles. The summed E-state index contributed by atoms with van der Waals surface area (Å²) in [6, 6.07) is 12.7. The van der Waals surface area contributed by atoms with Crippen LogP contribution in [0.15, 0.2) is 48.5 Å². The van der Waals surface area contributed by atoms with Crippen molar-refractivity contribution in [1.29, 1.82) is 0 Å². The van der Waals surface area contributed by atoms with E-state index in [1.165, 1.54) is 12.1 Å². The maximum absolute atomic E-state index is 12.8. The first kappa shape index (κ1) is 16.1. The predicted molar refractivity (Wildman–Crippen MR) is 78.4 cm³/mol. The van der Waals surface area contributed by atoms with Crippen molar-refractivity contribution >= 4 is 18.4 Å². The van der Waals surface area contributed by atoms with Gasteiger partial charge in [0, 0.05) is 0 Å². The minimum Gasteiger partial charge on any atom is -0.480 e. The fourth-order valence-corrected chi connectivity index (χ4v) is 1.82. The predicted octanol–water partition coefficient (Wildman–Crippen LogP) is 2.87. The molecule has 3 nitrogen and oxygen atoms in total. The van der Waals surface area contributed by atoms with E-state index >= 15 is 0 Å². The van der Waals surface area contributed by atoms with Gasteiger partial charge in [-0.1, -0.05) is 36.4 Å². The third-order valence-electron chi connectivity index (χ3n) is 2.90. The van der Waals surface area contributed by atoms with Gasteiger partial charge in [0.1, 0.15) is 11.9 Å². The Kier molecular flexibility index (Phi) is 5.67. The molecule has 0 amide bonds. The number of rotatable bonds is 4. The van der Waals surface area contributed by atoms with Crippen molar-refractivity contribution in [3.63, 3.8) is 0 Å². The van der Waals surface area contributed by atoms with Gasteiger partial charge in [0.25, 0.3) is 0 Å². The number of aliphatic carboxylic acids is 1. The molecule has 2 rings (SSSR count). The van der Waals surface area contributed by atoms with E-state index < -0.39 is 12.0 Å². The van der Waals surface area contributed by atoms with Crippen LogP contribution < -0.4 is 5.73 Å². The van der Waals surface area contributed by atoms with E-state index in [2.05, 4.69) is 0 Å². The highest BCUT2D eigenvalue weighted by atomic mass is 35.5. The fourth-order valence-electron chi connectivity index (χ4n) is 1.82. The Labute approximate surface area is 122 Å². The summed E-state index contributed by atoms with van der Waals surface area (Å²) in [5, 5.41) is 8.74. The lowest BCUT2D eigenvalue weighted by Crippen LogP contribution is -2.32. The topological polar surface area (TPSA) is 63.3 Å². The van der Waals surface area contributed by atoms with Crippen molar-refractivity contribution in [3.05, 3.63) is 59.9 Å². The molecule has 2 aromatic rings. The third-order valence-corrected chi connectivity index (χ3v) is 2.90. The first-order chi connectivity index (χ1) is 9.06. The normalized spacial score (nSPS) is 11.5. The number of hydrogen-bond acceptors (Lipinski definition) is 2. The van der Waals surface area contributed by atoms with E-state index in [4.69, 9.17) is 10.8 Å². The van der Waals surface area contributed by atoms with E-state index in [1.807, 2.05) is 24.3 Å². The Morgan fingerprint density at radius 2 is 1.50 bits per heavy atom. The Bertz CT molecular complexity index is 569. The second-order valence-corrected chi connectivity index (χ2v) is 4.35. The van der Waals surface area contributed by atoms with Crippen LogP contribution in [-0.4, -0.2) is 17.1 Å². The summed E-state index contributed by atoms with van der Waals surface area (Å²) in [5.74, 6) is -1.28. The first-order valence-corrected chi connectivity index (χ1v) is 5.89. The smallest absolute Gasteiger partial charge is 0.320 e. The number of benzene rings is 2. The first-order valence-electron chi connectivity index (χ1n) is 5.89. The van der Waals surface area contributed by atoms with Crippen LogP contribution in [0, 0.1) is 5.82 Å². The van der Waals surface area contributed by atoms with Crippen molar-refractivity contribution in [2.45, 2.75) is 12.5 Å². The summed E-state index contributed by atoms with van der Waals surface area (Å²) in [4.78, 5) is 10.7. The molecule has 0 aliphatic carbocycles. The molecular formula is C15H15ClFNO2. The second-order valence-electron chi connectivity index (χ2n) is 4.35. The lowest BCUT2D eigenvalue weighted by molar-refractivity contribution is -0.138. The van der Waals surface area contributed by atoms with Crippen LogP contribution in [0.4, 0.5) is 4.39 Å². The second kappa shape index (κ2) is 7.03. The van der Waals surface area contributed by atoms with Crippen molar-refractivity contribution < 1.29 is 14.3 Å². The lowest BCUT2D eigenvalue weighted by Gasteiger charge is -2.07. The molecule has 0 bridgehead atoms. The molecule has 0 saturated heterocycles. The fraction of sp³-hybridized carbons (Fsp3) is 0.133. The molecular weight excluding hydrogens is 281 g/mol. The van der Waals surface area contributed by atoms with Gasteiger partial charge in [-0.15, -0.1) is 12.4 Å².